The summed E-state index contributed by atoms with van der Waals surface area (Å²) in [6.45, 7) is 6.93. The molecule has 1 aliphatic carbocycles. The lowest BCUT2D eigenvalue weighted by atomic mass is 9.84. The van der Waals surface area contributed by atoms with Crippen LogP contribution in [0.4, 0.5) is 0 Å². The van der Waals surface area contributed by atoms with Crippen LogP contribution >= 0.6 is 0 Å². The predicted molar refractivity (Wildman–Crippen MR) is 90.9 cm³/mol. The highest BCUT2D eigenvalue weighted by atomic mass is 16.2. The van der Waals surface area contributed by atoms with Gasteiger partial charge in [-0.15, -0.1) is 0 Å². The number of nitrogens with zero attached hydrogens (tertiary/aromatic N) is 3. The number of carbonyl (C=O) groups excluding carboxylic acids is 1. The number of hydrogen-bond donors (Lipinski definition) is 1. The maximum Gasteiger partial charge on any atom is 0.225 e. The minimum Gasteiger partial charge on any atom is -0.342 e. The van der Waals surface area contributed by atoms with Crippen LogP contribution in [0.1, 0.15) is 49.9 Å². The maximum absolute atomic E-state index is 12.7. The van der Waals surface area contributed by atoms with E-state index in [1.165, 1.54) is 5.69 Å². The van der Waals surface area contributed by atoms with Crippen LogP contribution < -0.4 is 5.73 Å². The lowest BCUT2D eigenvalue weighted by Crippen LogP contribution is -2.44. The first-order chi connectivity index (χ1) is 11.0. The second-order valence-electron chi connectivity index (χ2n) is 7.50. The average molecular weight is 318 g/mol. The molecule has 2 heterocycles. The first-order valence-electron chi connectivity index (χ1n) is 9.08. The predicted octanol–water partition coefficient (Wildman–Crippen LogP) is 2.26. The van der Waals surface area contributed by atoms with Gasteiger partial charge in [0.15, 0.2) is 0 Å². The van der Waals surface area contributed by atoms with Crippen LogP contribution in [-0.2, 0) is 11.3 Å². The summed E-state index contributed by atoms with van der Waals surface area (Å²) in [4.78, 5) is 14.8. The summed E-state index contributed by atoms with van der Waals surface area (Å²) in [7, 11) is 0. The van der Waals surface area contributed by atoms with E-state index in [9.17, 15) is 4.79 Å². The van der Waals surface area contributed by atoms with E-state index in [1.54, 1.807) is 0 Å². The van der Waals surface area contributed by atoms with Crippen molar-refractivity contribution in [2.24, 2.45) is 17.6 Å². The summed E-state index contributed by atoms with van der Waals surface area (Å²) in [5.74, 6) is 1.15. The van der Waals surface area contributed by atoms with Crippen molar-refractivity contribution < 1.29 is 4.79 Å². The Balaban J connectivity index is 1.50. The molecule has 128 valence electrons. The molecule has 23 heavy (non-hydrogen) atoms. The molecule has 5 nitrogen and oxygen atoms in total. The fourth-order valence-corrected chi connectivity index (χ4v) is 4.15. The van der Waals surface area contributed by atoms with Gasteiger partial charge in [-0.1, -0.05) is 6.42 Å². The summed E-state index contributed by atoms with van der Waals surface area (Å²) in [5, 5.41) is 4.56. The Morgan fingerprint density at radius 1 is 1.26 bits per heavy atom. The van der Waals surface area contributed by atoms with E-state index in [2.05, 4.69) is 27.7 Å². The number of likely N-dealkylation sites (tertiary alicyclic amines) is 1. The Morgan fingerprint density at radius 3 is 2.61 bits per heavy atom. The highest BCUT2D eigenvalue weighted by molar-refractivity contribution is 5.79. The molecule has 1 aromatic heterocycles. The monoisotopic (exact) mass is 318 g/mol. The number of rotatable bonds is 3. The van der Waals surface area contributed by atoms with Crippen molar-refractivity contribution >= 4 is 5.91 Å². The molecule has 2 fully saturated rings. The van der Waals surface area contributed by atoms with Gasteiger partial charge in [0.25, 0.3) is 0 Å². The topological polar surface area (TPSA) is 64.2 Å². The number of aryl methyl sites for hydroxylation is 2. The molecule has 0 spiro atoms. The Bertz CT molecular complexity index is 545. The molecular weight excluding hydrogens is 288 g/mol. The molecule has 2 N–H and O–H groups in total. The van der Waals surface area contributed by atoms with E-state index < -0.39 is 0 Å². The number of piperidine rings is 1. The first-order valence-corrected chi connectivity index (χ1v) is 9.08. The van der Waals surface area contributed by atoms with Crippen LogP contribution in [0.5, 0.6) is 0 Å². The summed E-state index contributed by atoms with van der Waals surface area (Å²) in [6, 6.07) is 2.35. The van der Waals surface area contributed by atoms with Crippen molar-refractivity contribution in [2.45, 2.75) is 65.0 Å². The van der Waals surface area contributed by atoms with E-state index in [1.807, 2.05) is 6.92 Å². The number of aromatic nitrogens is 2. The van der Waals surface area contributed by atoms with E-state index >= 15 is 0 Å². The van der Waals surface area contributed by atoms with Crippen LogP contribution in [0.3, 0.4) is 0 Å². The third kappa shape index (κ3) is 3.94. The minimum atomic E-state index is 0.173. The maximum atomic E-state index is 12.7. The van der Waals surface area contributed by atoms with Crippen LogP contribution in [0.15, 0.2) is 6.07 Å². The van der Waals surface area contributed by atoms with E-state index in [4.69, 9.17) is 5.73 Å². The molecule has 2 aliphatic rings. The van der Waals surface area contributed by atoms with E-state index in [-0.39, 0.29) is 12.0 Å². The Labute approximate surface area is 139 Å². The number of hydrogen-bond acceptors (Lipinski definition) is 3. The normalized spacial score (nSPS) is 26.5. The number of carbonyl (C=O) groups is 1. The molecule has 0 unspecified atom stereocenters. The van der Waals surface area contributed by atoms with Crippen LogP contribution in [0, 0.1) is 25.7 Å². The smallest absolute Gasteiger partial charge is 0.225 e. The van der Waals surface area contributed by atoms with Gasteiger partial charge in [0.05, 0.1) is 5.69 Å². The van der Waals surface area contributed by atoms with Crippen molar-refractivity contribution in [3.8, 4) is 0 Å². The van der Waals surface area contributed by atoms with Crippen LogP contribution in [0.2, 0.25) is 0 Å². The van der Waals surface area contributed by atoms with Gasteiger partial charge in [0.1, 0.15) is 0 Å². The zero-order valence-corrected chi connectivity index (χ0v) is 14.5. The Morgan fingerprint density at radius 2 is 2.00 bits per heavy atom. The fourth-order valence-electron chi connectivity index (χ4n) is 4.15. The van der Waals surface area contributed by atoms with Gasteiger partial charge in [-0.25, -0.2) is 0 Å². The molecule has 0 bridgehead atoms. The standard InChI is InChI=1S/C18H30N4O/c1-13-10-14(2)22(20-13)12-15-6-8-21(9-7-15)18(23)16-4-3-5-17(19)11-16/h10,15-17H,3-9,11-12,19H2,1-2H3/t16-,17+/m0/s1. The lowest BCUT2D eigenvalue weighted by molar-refractivity contribution is -0.138. The van der Waals surface area contributed by atoms with Crippen molar-refractivity contribution in [1.29, 1.82) is 0 Å². The highest BCUT2D eigenvalue weighted by Gasteiger charge is 2.31. The van der Waals surface area contributed by atoms with Gasteiger partial charge in [0, 0.05) is 37.3 Å². The third-order valence-electron chi connectivity index (χ3n) is 5.52. The van der Waals surface area contributed by atoms with Crippen LogP contribution in [-0.4, -0.2) is 39.7 Å². The molecule has 2 atom stereocenters. The molecule has 1 aromatic rings. The van der Waals surface area contributed by atoms with E-state index in [0.717, 1.165) is 63.9 Å². The van der Waals surface area contributed by atoms with Gasteiger partial charge in [0.2, 0.25) is 5.91 Å². The van der Waals surface area contributed by atoms with Gasteiger partial charge in [-0.3, -0.25) is 9.48 Å². The molecular formula is C18H30N4O. The van der Waals surface area contributed by atoms with Crippen molar-refractivity contribution in [2.75, 3.05) is 13.1 Å². The quantitative estimate of drug-likeness (QED) is 0.930. The van der Waals surface area contributed by atoms with Crippen LogP contribution in [0.25, 0.3) is 0 Å². The molecule has 3 rings (SSSR count). The molecule has 1 aliphatic heterocycles. The fraction of sp³-hybridized carbons (Fsp3) is 0.778. The Kier molecular flexibility index (Phi) is 5.05. The average Bonchev–Trinajstić information content (AvgIpc) is 2.85. The minimum absolute atomic E-state index is 0.173. The first kappa shape index (κ1) is 16.5. The lowest BCUT2D eigenvalue weighted by Gasteiger charge is -2.36. The largest absolute Gasteiger partial charge is 0.342 e. The third-order valence-corrected chi connectivity index (χ3v) is 5.52. The summed E-state index contributed by atoms with van der Waals surface area (Å²) >= 11 is 0. The zero-order chi connectivity index (χ0) is 16.4. The van der Waals surface area contributed by atoms with Gasteiger partial charge in [-0.05, 0) is 57.9 Å². The van der Waals surface area contributed by atoms with Crippen molar-refractivity contribution in [3.05, 3.63) is 17.5 Å². The van der Waals surface area contributed by atoms with Crippen molar-refractivity contribution in [1.82, 2.24) is 14.7 Å². The van der Waals surface area contributed by atoms with Gasteiger partial charge >= 0.3 is 0 Å². The molecule has 5 heteroatoms. The molecule has 0 radical (unpaired) electrons. The number of nitrogens with two attached hydrogens (primary N) is 1. The highest BCUT2D eigenvalue weighted by Crippen LogP contribution is 2.27. The molecule has 1 saturated heterocycles. The van der Waals surface area contributed by atoms with Gasteiger partial charge in [-0.2, -0.15) is 5.10 Å². The summed E-state index contributed by atoms with van der Waals surface area (Å²) in [5.41, 5.74) is 8.36. The van der Waals surface area contributed by atoms with E-state index in [0.29, 0.717) is 11.8 Å². The molecule has 0 aromatic carbocycles. The zero-order valence-electron chi connectivity index (χ0n) is 14.5. The van der Waals surface area contributed by atoms with Crippen molar-refractivity contribution in [3.63, 3.8) is 0 Å². The second kappa shape index (κ2) is 7.04. The Hall–Kier alpha value is -1.36. The number of amides is 1. The SMILES string of the molecule is Cc1cc(C)n(CC2CCN(C(=O)[C@H]3CCC[C@@H](N)C3)CC2)n1. The second-order valence-corrected chi connectivity index (χ2v) is 7.50. The molecule has 1 saturated carbocycles. The summed E-state index contributed by atoms with van der Waals surface area (Å²) in [6.07, 6.45) is 6.26. The summed E-state index contributed by atoms with van der Waals surface area (Å²) < 4.78 is 2.12. The molecule has 1 amide bonds. The van der Waals surface area contributed by atoms with Gasteiger partial charge < -0.3 is 10.6 Å².